The van der Waals surface area contributed by atoms with Crippen LogP contribution < -0.4 is 9.62 Å². The van der Waals surface area contributed by atoms with Crippen LogP contribution in [0.4, 0.5) is 5.69 Å². The molecule has 0 unspecified atom stereocenters. The molecule has 2 aromatic rings. The van der Waals surface area contributed by atoms with Gasteiger partial charge >= 0.3 is 0 Å². The molecule has 0 aliphatic carbocycles. The Morgan fingerprint density at radius 2 is 1.62 bits per heavy atom. The van der Waals surface area contributed by atoms with Crippen molar-refractivity contribution in [3.05, 3.63) is 64.7 Å². The maximum atomic E-state index is 13.5. The first-order chi connectivity index (χ1) is 17.3. The SMILES string of the molecule is CC[C@@H](C(=O)NCC(C)C)N(Cc1ccc(C)cc1)C(=O)CCCN(c1ccc(C)c(C)c1)S(C)(=O)=O. The average Bonchev–Trinajstić information content (AvgIpc) is 2.82. The van der Waals surface area contributed by atoms with Crippen LogP contribution in [0.2, 0.25) is 0 Å². The van der Waals surface area contributed by atoms with Crippen molar-refractivity contribution in [3.63, 3.8) is 0 Å². The van der Waals surface area contributed by atoms with Crippen molar-refractivity contribution < 1.29 is 18.0 Å². The van der Waals surface area contributed by atoms with Crippen LogP contribution in [0.25, 0.3) is 0 Å². The molecule has 0 bridgehead atoms. The molecule has 0 saturated carbocycles. The van der Waals surface area contributed by atoms with Gasteiger partial charge < -0.3 is 10.2 Å². The lowest BCUT2D eigenvalue weighted by Gasteiger charge is -2.31. The molecule has 0 aliphatic heterocycles. The molecule has 2 aromatic carbocycles. The summed E-state index contributed by atoms with van der Waals surface area (Å²) in [6.07, 6.45) is 2.14. The Labute approximate surface area is 223 Å². The number of aryl methyl sites for hydroxylation is 3. The molecular formula is C29H43N3O4S. The lowest BCUT2D eigenvalue weighted by Crippen LogP contribution is -2.49. The molecule has 2 amide bonds. The van der Waals surface area contributed by atoms with Crippen LogP contribution >= 0.6 is 0 Å². The summed E-state index contributed by atoms with van der Waals surface area (Å²) < 4.78 is 26.5. The Morgan fingerprint density at radius 3 is 2.16 bits per heavy atom. The second-order valence-corrected chi connectivity index (χ2v) is 12.2. The number of sulfonamides is 1. The summed E-state index contributed by atoms with van der Waals surface area (Å²) in [4.78, 5) is 28.2. The van der Waals surface area contributed by atoms with Gasteiger partial charge in [0.2, 0.25) is 21.8 Å². The number of benzene rings is 2. The second-order valence-electron chi connectivity index (χ2n) is 10.3. The van der Waals surface area contributed by atoms with Gasteiger partial charge in [-0.25, -0.2) is 8.42 Å². The highest BCUT2D eigenvalue weighted by molar-refractivity contribution is 7.92. The minimum atomic E-state index is -3.52. The fraction of sp³-hybridized carbons (Fsp3) is 0.517. The van der Waals surface area contributed by atoms with E-state index >= 15 is 0 Å². The van der Waals surface area contributed by atoms with Crippen molar-refractivity contribution in [2.45, 2.75) is 73.4 Å². The number of nitrogens with one attached hydrogen (secondary N) is 1. The topological polar surface area (TPSA) is 86.8 Å². The van der Waals surface area contributed by atoms with E-state index in [1.54, 1.807) is 11.0 Å². The quantitative estimate of drug-likeness (QED) is 0.406. The monoisotopic (exact) mass is 529 g/mol. The second kappa shape index (κ2) is 13.6. The van der Waals surface area contributed by atoms with Crippen molar-refractivity contribution in [1.82, 2.24) is 10.2 Å². The van der Waals surface area contributed by atoms with Crippen molar-refractivity contribution >= 4 is 27.5 Å². The summed E-state index contributed by atoms with van der Waals surface area (Å²) in [5.41, 5.74) is 4.75. The van der Waals surface area contributed by atoms with E-state index in [1.807, 2.05) is 77.9 Å². The fourth-order valence-corrected chi connectivity index (χ4v) is 5.07. The van der Waals surface area contributed by atoms with Crippen molar-refractivity contribution in [2.75, 3.05) is 23.7 Å². The van der Waals surface area contributed by atoms with Crippen LogP contribution in [0.1, 0.15) is 62.3 Å². The molecule has 0 fully saturated rings. The third kappa shape index (κ3) is 9.18. The maximum absolute atomic E-state index is 13.5. The number of carbonyl (C=O) groups excluding carboxylic acids is 2. The number of hydrogen-bond acceptors (Lipinski definition) is 4. The maximum Gasteiger partial charge on any atom is 0.242 e. The van der Waals surface area contributed by atoms with Gasteiger partial charge in [-0.3, -0.25) is 13.9 Å². The summed E-state index contributed by atoms with van der Waals surface area (Å²) in [5.74, 6) is -0.0275. The van der Waals surface area contributed by atoms with E-state index in [0.717, 1.165) is 22.3 Å². The van der Waals surface area contributed by atoms with Crippen LogP contribution in [-0.4, -0.2) is 50.5 Å². The summed E-state index contributed by atoms with van der Waals surface area (Å²) in [7, 11) is -3.52. The van der Waals surface area contributed by atoms with Gasteiger partial charge in [-0.05, 0) is 68.4 Å². The molecule has 8 heteroatoms. The van der Waals surface area contributed by atoms with Crippen LogP contribution in [0, 0.1) is 26.7 Å². The number of rotatable bonds is 13. The highest BCUT2D eigenvalue weighted by Gasteiger charge is 2.29. The van der Waals surface area contributed by atoms with E-state index in [1.165, 1.54) is 10.6 Å². The first-order valence-electron chi connectivity index (χ1n) is 13.0. The van der Waals surface area contributed by atoms with Gasteiger partial charge in [-0.15, -0.1) is 0 Å². The zero-order valence-electron chi connectivity index (χ0n) is 23.4. The Kier molecular flexibility index (Phi) is 11.2. The third-order valence-electron chi connectivity index (χ3n) is 6.47. The van der Waals surface area contributed by atoms with Gasteiger partial charge in [0, 0.05) is 26.1 Å². The van der Waals surface area contributed by atoms with Crippen molar-refractivity contribution in [1.29, 1.82) is 0 Å². The number of hydrogen-bond donors (Lipinski definition) is 1. The number of anilines is 1. The largest absolute Gasteiger partial charge is 0.354 e. The van der Waals surface area contributed by atoms with E-state index in [0.29, 0.717) is 37.5 Å². The molecule has 0 radical (unpaired) electrons. The van der Waals surface area contributed by atoms with E-state index in [2.05, 4.69) is 5.32 Å². The molecule has 0 saturated heterocycles. The highest BCUT2D eigenvalue weighted by atomic mass is 32.2. The molecule has 204 valence electrons. The zero-order chi connectivity index (χ0) is 27.8. The Morgan fingerprint density at radius 1 is 0.973 bits per heavy atom. The molecule has 37 heavy (non-hydrogen) atoms. The van der Waals surface area contributed by atoms with Crippen molar-refractivity contribution in [3.8, 4) is 0 Å². The van der Waals surface area contributed by atoms with Crippen LogP contribution in [0.5, 0.6) is 0 Å². The Bertz CT molecular complexity index is 1160. The normalized spacial score (nSPS) is 12.3. The molecular weight excluding hydrogens is 486 g/mol. The van der Waals surface area contributed by atoms with E-state index in [9.17, 15) is 18.0 Å². The summed E-state index contributed by atoms with van der Waals surface area (Å²) in [5, 5.41) is 2.97. The predicted molar refractivity (Wildman–Crippen MR) is 151 cm³/mol. The average molecular weight is 530 g/mol. The van der Waals surface area contributed by atoms with E-state index in [-0.39, 0.29) is 24.8 Å². The smallest absolute Gasteiger partial charge is 0.242 e. The summed E-state index contributed by atoms with van der Waals surface area (Å²) in [6.45, 7) is 12.9. The molecule has 0 aromatic heterocycles. The van der Waals surface area contributed by atoms with Gasteiger partial charge in [-0.2, -0.15) is 0 Å². The molecule has 7 nitrogen and oxygen atoms in total. The fourth-order valence-electron chi connectivity index (χ4n) is 4.12. The predicted octanol–water partition coefficient (Wildman–Crippen LogP) is 4.74. The lowest BCUT2D eigenvalue weighted by molar-refractivity contribution is -0.141. The molecule has 1 N–H and O–H groups in total. The summed E-state index contributed by atoms with van der Waals surface area (Å²) in [6, 6.07) is 12.9. The molecule has 1 atom stereocenters. The zero-order valence-corrected chi connectivity index (χ0v) is 24.2. The first-order valence-corrected chi connectivity index (χ1v) is 14.9. The van der Waals surface area contributed by atoms with Crippen LogP contribution in [0.15, 0.2) is 42.5 Å². The standard InChI is InChI=1S/C29H43N3O4S/c1-8-27(29(34)30-19-21(2)3)31(20-25-14-11-22(4)12-15-25)28(33)10-9-17-32(37(7,35)36)26-16-13-23(5)24(6)18-26/h11-16,18,21,27H,8-10,17,19-20H2,1-7H3,(H,30,34)/t27-/m0/s1. The van der Waals surface area contributed by atoms with Crippen LogP contribution in [-0.2, 0) is 26.2 Å². The lowest BCUT2D eigenvalue weighted by atomic mass is 10.1. The molecule has 0 aliphatic rings. The molecule has 0 spiro atoms. The summed E-state index contributed by atoms with van der Waals surface area (Å²) >= 11 is 0. The Balaban J connectivity index is 2.22. The first kappa shape index (κ1) is 30.4. The minimum absolute atomic E-state index is 0.136. The van der Waals surface area contributed by atoms with Gasteiger partial charge in [0.15, 0.2) is 0 Å². The number of nitrogens with zero attached hydrogens (tertiary/aromatic N) is 2. The van der Waals surface area contributed by atoms with E-state index in [4.69, 9.17) is 0 Å². The van der Waals surface area contributed by atoms with Gasteiger partial charge in [0.05, 0.1) is 11.9 Å². The van der Waals surface area contributed by atoms with Gasteiger partial charge in [0.25, 0.3) is 0 Å². The molecule has 2 rings (SSSR count). The van der Waals surface area contributed by atoms with Crippen LogP contribution in [0.3, 0.4) is 0 Å². The van der Waals surface area contributed by atoms with Crippen molar-refractivity contribution in [2.24, 2.45) is 5.92 Å². The highest BCUT2D eigenvalue weighted by Crippen LogP contribution is 2.22. The number of carbonyl (C=O) groups is 2. The van der Waals surface area contributed by atoms with E-state index < -0.39 is 16.1 Å². The molecule has 0 heterocycles. The van der Waals surface area contributed by atoms with Gasteiger partial charge in [-0.1, -0.05) is 56.7 Å². The number of amides is 2. The Hall–Kier alpha value is -2.87. The minimum Gasteiger partial charge on any atom is -0.354 e. The third-order valence-corrected chi connectivity index (χ3v) is 7.67. The van der Waals surface area contributed by atoms with Gasteiger partial charge in [0.1, 0.15) is 6.04 Å².